The molecule has 3 N–H and O–H groups in total. The molecule has 2 aromatic heterocycles. The zero-order valence-electron chi connectivity index (χ0n) is 17.8. The van der Waals surface area contributed by atoms with Crippen molar-refractivity contribution in [3.8, 4) is 0 Å². The van der Waals surface area contributed by atoms with Crippen molar-refractivity contribution in [2.45, 2.75) is 38.1 Å². The first-order chi connectivity index (χ1) is 15.1. The van der Waals surface area contributed by atoms with E-state index in [-0.39, 0.29) is 0 Å². The number of piperazine rings is 1. The highest BCUT2D eigenvalue weighted by Gasteiger charge is 2.23. The van der Waals surface area contributed by atoms with Gasteiger partial charge in [-0.05, 0) is 32.0 Å². The molecule has 3 aromatic rings. The fraction of sp³-hybridized carbons (Fsp3) is 0.500. The van der Waals surface area contributed by atoms with E-state index in [1.165, 1.54) is 32.1 Å². The molecule has 0 unspecified atom stereocenters. The highest BCUT2D eigenvalue weighted by Crippen LogP contribution is 2.32. The zero-order valence-corrected chi connectivity index (χ0v) is 17.8. The van der Waals surface area contributed by atoms with Gasteiger partial charge in [0.1, 0.15) is 0 Å². The number of aromatic nitrogens is 4. The number of likely N-dealkylation sites (N-methyl/N-ethyl adjacent to an activating group) is 1. The number of hydrogen-bond acceptors (Lipinski definition) is 6. The predicted molar refractivity (Wildman–Crippen MR) is 120 cm³/mol. The number of H-pyrrole nitrogens is 1. The Morgan fingerprint density at radius 1 is 1.16 bits per heavy atom. The van der Waals surface area contributed by atoms with Crippen LogP contribution < -0.4 is 10.2 Å². The Morgan fingerprint density at radius 3 is 2.68 bits per heavy atom. The average Bonchev–Trinajstić information content (AvgIpc) is 3.40. The lowest BCUT2D eigenvalue weighted by atomic mass is 9.95. The van der Waals surface area contributed by atoms with Crippen LogP contribution in [0.4, 0.5) is 17.6 Å². The van der Waals surface area contributed by atoms with Crippen LogP contribution >= 0.6 is 0 Å². The summed E-state index contributed by atoms with van der Waals surface area (Å²) < 4.78 is 2.20. The number of hydrogen-bond donors (Lipinski definition) is 3. The zero-order chi connectivity index (χ0) is 21.4. The summed E-state index contributed by atoms with van der Waals surface area (Å²) in [7, 11) is 2.08. The van der Waals surface area contributed by atoms with Gasteiger partial charge in [-0.2, -0.15) is 0 Å². The fourth-order valence-electron chi connectivity index (χ4n) is 4.75. The molecule has 31 heavy (non-hydrogen) atoms. The van der Waals surface area contributed by atoms with Crippen molar-refractivity contribution < 1.29 is 9.90 Å². The van der Waals surface area contributed by atoms with Crippen LogP contribution in [0.25, 0.3) is 11.0 Å². The monoisotopic (exact) mass is 423 g/mol. The van der Waals surface area contributed by atoms with Crippen LogP contribution in [0.15, 0.2) is 24.5 Å². The molecule has 0 radical (unpaired) electrons. The molecule has 0 bridgehead atoms. The van der Waals surface area contributed by atoms with Crippen LogP contribution in [-0.4, -0.2) is 68.7 Å². The number of carbonyl (C=O) groups is 1. The van der Waals surface area contributed by atoms with Crippen LogP contribution in [0.2, 0.25) is 0 Å². The second-order valence-electron chi connectivity index (χ2n) is 8.64. The van der Waals surface area contributed by atoms with Gasteiger partial charge in [0.2, 0.25) is 11.9 Å². The van der Waals surface area contributed by atoms with E-state index in [2.05, 4.69) is 36.7 Å². The van der Waals surface area contributed by atoms with Gasteiger partial charge in [0.05, 0.1) is 22.3 Å². The van der Waals surface area contributed by atoms with E-state index in [9.17, 15) is 9.90 Å². The number of anilines is 3. The molecule has 1 saturated carbocycles. The van der Waals surface area contributed by atoms with Gasteiger partial charge in [-0.25, -0.2) is 14.8 Å². The molecule has 1 aliphatic heterocycles. The quantitative estimate of drug-likeness (QED) is 0.577. The number of imidazole rings is 2. The number of carboxylic acids is 1. The van der Waals surface area contributed by atoms with Crippen molar-refractivity contribution >= 4 is 34.6 Å². The van der Waals surface area contributed by atoms with Crippen LogP contribution in [0.1, 0.15) is 48.5 Å². The van der Waals surface area contributed by atoms with Gasteiger partial charge in [0.15, 0.2) is 0 Å². The third kappa shape index (κ3) is 3.97. The van der Waals surface area contributed by atoms with Gasteiger partial charge < -0.3 is 24.5 Å². The lowest BCUT2D eigenvalue weighted by molar-refractivity contribution is 0.0697. The first-order valence-electron chi connectivity index (χ1n) is 11.1. The van der Waals surface area contributed by atoms with Crippen LogP contribution in [0.3, 0.4) is 0 Å². The van der Waals surface area contributed by atoms with Crippen molar-refractivity contribution in [3.05, 3.63) is 30.1 Å². The summed E-state index contributed by atoms with van der Waals surface area (Å²) in [6.07, 6.45) is 9.98. The molecule has 1 saturated heterocycles. The lowest BCUT2D eigenvalue weighted by Crippen LogP contribution is -2.45. The molecule has 9 heteroatoms. The second-order valence-corrected chi connectivity index (χ2v) is 8.64. The number of rotatable bonds is 5. The second kappa shape index (κ2) is 8.22. The Bertz CT molecular complexity index is 1070. The summed E-state index contributed by atoms with van der Waals surface area (Å²) in [5, 5.41) is 13.1. The normalized spacial score (nSPS) is 18.5. The number of carboxylic acid groups (broad SMARTS) is 1. The van der Waals surface area contributed by atoms with Gasteiger partial charge >= 0.3 is 5.97 Å². The molecule has 2 fully saturated rings. The summed E-state index contributed by atoms with van der Waals surface area (Å²) in [5.41, 5.74) is 2.48. The van der Waals surface area contributed by atoms with Gasteiger partial charge in [-0.15, -0.1) is 0 Å². The van der Waals surface area contributed by atoms with E-state index in [0.29, 0.717) is 23.1 Å². The largest absolute Gasteiger partial charge is 0.478 e. The summed E-state index contributed by atoms with van der Waals surface area (Å²) in [6, 6.07) is 4.04. The number of nitrogens with zero attached hydrogens (tertiary/aromatic N) is 5. The minimum atomic E-state index is -0.923. The Balaban J connectivity index is 1.44. The highest BCUT2D eigenvalue weighted by atomic mass is 16.4. The molecular formula is C22H29N7O2. The highest BCUT2D eigenvalue weighted by molar-refractivity contribution is 6.00. The molecule has 0 amide bonds. The molecular weight excluding hydrogens is 394 g/mol. The Kier molecular flexibility index (Phi) is 5.27. The standard InChI is InChI=1S/C22H29N7O2/c1-27-9-11-28(12-10-27)19-14-18-17(13-16(19)20(30)31)24-21(25-18)26-22-23-7-8-29(22)15-5-3-2-4-6-15/h7-8,13-15H,2-6,9-12H2,1H3,(H,30,31)(H2,23,24,25,26). The Morgan fingerprint density at radius 2 is 1.94 bits per heavy atom. The van der Waals surface area contributed by atoms with Gasteiger partial charge in [0.25, 0.3) is 0 Å². The smallest absolute Gasteiger partial charge is 0.337 e. The van der Waals surface area contributed by atoms with E-state index >= 15 is 0 Å². The molecule has 2 aliphatic rings. The maximum Gasteiger partial charge on any atom is 0.337 e. The SMILES string of the molecule is CN1CCN(c2cc3nc(Nc4nccn4C4CCCCC4)[nH]c3cc2C(=O)O)CC1. The lowest BCUT2D eigenvalue weighted by Gasteiger charge is -2.34. The maximum absolute atomic E-state index is 12.0. The predicted octanol–water partition coefficient (Wildman–Crippen LogP) is 3.46. The van der Waals surface area contributed by atoms with Crippen molar-refractivity contribution in [1.82, 2.24) is 24.4 Å². The van der Waals surface area contributed by atoms with Crippen molar-refractivity contribution in [3.63, 3.8) is 0 Å². The van der Waals surface area contributed by atoms with E-state index in [0.717, 1.165) is 43.3 Å². The first-order valence-corrected chi connectivity index (χ1v) is 11.1. The van der Waals surface area contributed by atoms with Gasteiger partial charge in [0, 0.05) is 44.6 Å². The summed E-state index contributed by atoms with van der Waals surface area (Å²) in [5.74, 6) is 0.418. The van der Waals surface area contributed by atoms with E-state index < -0.39 is 5.97 Å². The molecule has 3 heterocycles. The van der Waals surface area contributed by atoms with Crippen LogP contribution in [0.5, 0.6) is 0 Å². The number of aromatic carboxylic acids is 1. The van der Waals surface area contributed by atoms with Crippen LogP contribution in [-0.2, 0) is 0 Å². The third-order valence-corrected chi connectivity index (χ3v) is 6.54. The van der Waals surface area contributed by atoms with Crippen LogP contribution in [0, 0.1) is 0 Å². The molecule has 164 valence electrons. The molecule has 0 spiro atoms. The topological polar surface area (TPSA) is 102 Å². The Labute approximate surface area is 181 Å². The van der Waals surface area contributed by atoms with E-state index in [4.69, 9.17) is 4.98 Å². The van der Waals surface area contributed by atoms with E-state index in [1.807, 2.05) is 18.5 Å². The summed E-state index contributed by atoms with van der Waals surface area (Å²) in [6.45, 7) is 3.43. The number of benzene rings is 1. The Hall–Kier alpha value is -3.07. The molecule has 5 rings (SSSR count). The van der Waals surface area contributed by atoms with Crippen molar-refractivity contribution in [1.29, 1.82) is 0 Å². The average molecular weight is 424 g/mol. The number of fused-ring (bicyclic) bond motifs is 1. The molecule has 9 nitrogen and oxygen atoms in total. The van der Waals surface area contributed by atoms with Gasteiger partial charge in [-0.3, -0.25) is 5.32 Å². The molecule has 1 aliphatic carbocycles. The van der Waals surface area contributed by atoms with Gasteiger partial charge in [-0.1, -0.05) is 19.3 Å². The molecule has 1 aromatic carbocycles. The fourth-order valence-corrected chi connectivity index (χ4v) is 4.75. The number of nitrogens with one attached hydrogen (secondary N) is 2. The third-order valence-electron chi connectivity index (χ3n) is 6.54. The first kappa shape index (κ1) is 19.9. The minimum absolute atomic E-state index is 0.302. The minimum Gasteiger partial charge on any atom is -0.478 e. The summed E-state index contributed by atoms with van der Waals surface area (Å²) >= 11 is 0. The van der Waals surface area contributed by atoms with E-state index in [1.54, 1.807) is 6.07 Å². The maximum atomic E-state index is 12.0. The van der Waals surface area contributed by atoms with Crippen molar-refractivity contribution in [2.24, 2.45) is 0 Å². The number of aromatic amines is 1. The van der Waals surface area contributed by atoms with Crippen molar-refractivity contribution in [2.75, 3.05) is 43.4 Å². The molecule has 0 atom stereocenters. The summed E-state index contributed by atoms with van der Waals surface area (Å²) in [4.78, 5) is 28.8.